The highest BCUT2D eigenvalue weighted by atomic mass is 32.1. The molecule has 0 spiro atoms. The lowest BCUT2D eigenvalue weighted by Crippen LogP contribution is -2.43. The van der Waals surface area contributed by atoms with E-state index in [4.69, 9.17) is 10.8 Å². The number of carbonyl (C=O) groups excluding carboxylic acids is 2. The van der Waals surface area contributed by atoms with Gasteiger partial charge in [0.1, 0.15) is 0 Å². The number of aromatic nitrogens is 1. The molecule has 0 bridgehead atoms. The van der Waals surface area contributed by atoms with E-state index >= 15 is 0 Å². The third-order valence-electron chi connectivity index (χ3n) is 4.26. The molecule has 156 valence electrons. The van der Waals surface area contributed by atoms with Gasteiger partial charge in [-0.05, 0) is 31.2 Å². The van der Waals surface area contributed by atoms with Crippen molar-refractivity contribution in [1.82, 2.24) is 15.6 Å². The second-order valence-electron chi connectivity index (χ2n) is 6.69. The van der Waals surface area contributed by atoms with Gasteiger partial charge in [0.15, 0.2) is 5.13 Å². The average Bonchev–Trinajstić information content (AvgIpc) is 3.10. The van der Waals surface area contributed by atoms with Crippen molar-refractivity contribution >= 4 is 34.3 Å². The van der Waals surface area contributed by atoms with Crippen LogP contribution in [0.4, 0.5) is 5.13 Å². The number of hydrogen-bond donors (Lipinski definition) is 4. The van der Waals surface area contributed by atoms with Gasteiger partial charge in [0.2, 0.25) is 11.8 Å². The predicted molar refractivity (Wildman–Crippen MR) is 111 cm³/mol. The number of rotatable bonds is 12. The summed E-state index contributed by atoms with van der Waals surface area (Å²) in [4.78, 5) is 39.2. The van der Waals surface area contributed by atoms with Crippen LogP contribution in [0.15, 0.2) is 35.7 Å². The van der Waals surface area contributed by atoms with Gasteiger partial charge in [-0.2, -0.15) is 0 Å². The van der Waals surface area contributed by atoms with Crippen LogP contribution in [-0.2, 0) is 27.2 Å². The topological polar surface area (TPSA) is 134 Å². The maximum atomic E-state index is 12.1. The van der Waals surface area contributed by atoms with Gasteiger partial charge in [-0.25, -0.2) is 4.98 Å². The van der Waals surface area contributed by atoms with Crippen molar-refractivity contribution in [3.63, 3.8) is 0 Å². The second-order valence-corrected chi connectivity index (χ2v) is 7.58. The Morgan fingerprint density at radius 2 is 1.90 bits per heavy atom. The number of amides is 2. The molecule has 8 nitrogen and oxygen atoms in total. The summed E-state index contributed by atoms with van der Waals surface area (Å²) >= 11 is 1.36. The van der Waals surface area contributed by atoms with Crippen molar-refractivity contribution in [3.8, 4) is 0 Å². The monoisotopic (exact) mass is 418 g/mol. The van der Waals surface area contributed by atoms with E-state index in [1.54, 1.807) is 0 Å². The van der Waals surface area contributed by atoms with E-state index in [0.717, 1.165) is 11.3 Å². The predicted octanol–water partition coefficient (Wildman–Crippen LogP) is 1.76. The van der Waals surface area contributed by atoms with Gasteiger partial charge in [-0.3, -0.25) is 14.4 Å². The Bertz CT molecular complexity index is 810. The molecule has 5 N–H and O–H groups in total. The summed E-state index contributed by atoms with van der Waals surface area (Å²) in [6.07, 6.45) is 2.53. The minimum Gasteiger partial charge on any atom is -0.481 e. The summed E-state index contributed by atoms with van der Waals surface area (Å²) in [7, 11) is 0. The smallest absolute Gasteiger partial charge is 0.305 e. The first-order valence-corrected chi connectivity index (χ1v) is 10.3. The molecular weight excluding hydrogens is 392 g/mol. The molecular formula is C20H26N4O4S. The highest BCUT2D eigenvalue weighted by Gasteiger charge is 2.16. The minimum absolute atomic E-state index is 0.163. The summed E-state index contributed by atoms with van der Waals surface area (Å²) in [5.41, 5.74) is 7.49. The molecule has 29 heavy (non-hydrogen) atoms. The first kappa shape index (κ1) is 22.4. The standard InChI is InChI=1S/C20H26N4O4S/c21-20-24-16(13-29-20)7-4-8-17(25)22-12-18(26)23-15(11-19(27)28)10-9-14-5-2-1-3-6-14/h1-3,5-6,13,15H,4,7-12H2,(H2,21,24)(H,22,25)(H,23,26)(H,27,28). The van der Waals surface area contributed by atoms with Gasteiger partial charge in [0, 0.05) is 17.8 Å². The number of aryl methyl sites for hydroxylation is 2. The number of carboxylic acids is 1. The van der Waals surface area contributed by atoms with Crippen LogP contribution in [0.1, 0.15) is 36.9 Å². The van der Waals surface area contributed by atoms with Crippen molar-refractivity contribution in [2.24, 2.45) is 0 Å². The van der Waals surface area contributed by atoms with Crippen LogP contribution in [-0.4, -0.2) is 40.5 Å². The van der Waals surface area contributed by atoms with Crippen molar-refractivity contribution in [1.29, 1.82) is 0 Å². The third kappa shape index (κ3) is 9.20. The Morgan fingerprint density at radius 3 is 2.55 bits per heavy atom. The summed E-state index contributed by atoms with van der Waals surface area (Å²) in [5.74, 6) is -1.61. The first-order chi connectivity index (χ1) is 13.9. The van der Waals surface area contributed by atoms with Crippen LogP contribution in [0.5, 0.6) is 0 Å². The van der Waals surface area contributed by atoms with Crippen LogP contribution in [0, 0.1) is 0 Å². The average molecular weight is 419 g/mol. The number of nitrogens with one attached hydrogen (secondary N) is 2. The van der Waals surface area contributed by atoms with Crippen molar-refractivity contribution in [3.05, 3.63) is 47.0 Å². The summed E-state index contributed by atoms with van der Waals surface area (Å²) < 4.78 is 0. The molecule has 9 heteroatoms. The molecule has 0 saturated carbocycles. The normalized spacial score (nSPS) is 11.6. The number of benzene rings is 1. The number of carbonyl (C=O) groups is 3. The minimum atomic E-state index is -0.977. The second kappa shape index (κ2) is 11.8. The fourth-order valence-corrected chi connectivity index (χ4v) is 3.43. The van der Waals surface area contributed by atoms with E-state index in [1.807, 2.05) is 35.7 Å². The van der Waals surface area contributed by atoms with Gasteiger partial charge in [0.05, 0.1) is 18.7 Å². The summed E-state index contributed by atoms with van der Waals surface area (Å²) in [6.45, 7) is -0.177. The van der Waals surface area contributed by atoms with E-state index < -0.39 is 17.9 Å². The first-order valence-electron chi connectivity index (χ1n) is 9.44. The van der Waals surface area contributed by atoms with Crippen molar-refractivity contribution < 1.29 is 19.5 Å². The lowest BCUT2D eigenvalue weighted by atomic mass is 10.0. The molecule has 2 rings (SSSR count). The van der Waals surface area contributed by atoms with Crippen LogP contribution in [0.25, 0.3) is 0 Å². The van der Waals surface area contributed by atoms with E-state index in [1.165, 1.54) is 11.3 Å². The van der Waals surface area contributed by atoms with Crippen LogP contribution in [0.3, 0.4) is 0 Å². The lowest BCUT2D eigenvalue weighted by molar-refractivity contribution is -0.138. The molecule has 1 aromatic carbocycles. The number of nitrogens with zero attached hydrogens (tertiary/aromatic N) is 1. The molecule has 0 fully saturated rings. The van der Waals surface area contributed by atoms with Gasteiger partial charge < -0.3 is 21.5 Å². The Labute approximate surface area is 173 Å². The molecule has 1 aromatic heterocycles. The molecule has 1 heterocycles. The number of aliphatic carboxylic acids is 1. The fraction of sp³-hybridized carbons (Fsp3) is 0.400. The maximum absolute atomic E-state index is 12.1. The molecule has 1 unspecified atom stereocenters. The number of nitrogen functional groups attached to an aromatic ring is 1. The molecule has 0 aliphatic rings. The Balaban J connectivity index is 1.69. The van der Waals surface area contributed by atoms with Crippen molar-refractivity contribution in [2.45, 2.75) is 44.6 Å². The van der Waals surface area contributed by atoms with Gasteiger partial charge in [0.25, 0.3) is 0 Å². The number of hydrogen-bond acceptors (Lipinski definition) is 6. The van der Waals surface area contributed by atoms with E-state index in [9.17, 15) is 14.4 Å². The zero-order chi connectivity index (χ0) is 21.1. The molecule has 0 aliphatic heterocycles. The van der Waals surface area contributed by atoms with Crippen LogP contribution < -0.4 is 16.4 Å². The molecule has 0 aliphatic carbocycles. The number of thiazole rings is 1. The molecule has 2 aromatic rings. The van der Waals surface area contributed by atoms with Gasteiger partial charge in [-0.15, -0.1) is 11.3 Å². The van der Waals surface area contributed by atoms with E-state index in [2.05, 4.69) is 15.6 Å². The largest absolute Gasteiger partial charge is 0.481 e. The molecule has 0 saturated heterocycles. The zero-order valence-electron chi connectivity index (χ0n) is 16.1. The van der Waals surface area contributed by atoms with E-state index in [-0.39, 0.29) is 25.3 Å². The number of carboxylic acid groups (broad SMARTS) is 1. The Kier molecular flexibility index (Phi) is 9.10. The zero-order valence-corrected chi connectivity index (χ0v) is 16.9. The fourth-order valence-electron chi connectivity index (χ4n) is 2.84. The maximum Gasteiger partial charge on any atom is 0.305 e. The van der Waals surface area contributed by atoms with Gasteiger partial charge in [-0.1, -0.05) is 30.3 Å². The summed E-state index contributed by atoms with van der Waals surface area (Å²) in [5, 5.41) is 16.7. The third-order valence-corrected chi connectivity index (χ3v) is 4.99. The molecule has 0 radical (unpaired) electrons. The SMILES string of the molecule is Nc1nc(CCCC(=O)NCC(=O)NC(CCc2ccccc2)CC(=O)O)cs1. The number of nitrogens with two attached hydrogens (primary N) is 1. The molecule has 1 atom stereocenters. The highest BCUT2D eigenvalue weighted by Crippen LogP contribution is 2.13. The van der Waals surface area contributed by atoms with Crippen LogP contribution in [0.2, 0.25) is 0 Å². The van der Waals surface area contributed by atoms with Gasteiger partial charge >= 0.3 is 5.97 Å². The quantitative estimate of drug-likeness (QED) is 0.415. The number of anilines is 1. The van der Waals surface area contributed by atoms with Crippen LogP contribution >= 0.6 is 11.3 Å². The van der Waals surface area contributed by atoms with E-state index in [0.29, 0.717) is 30.8 Å². The Morgan fingerprint density at radius 1 is 1.14 bits per heavy atom. The Hall–Kier alpha value is -2.94. The summed E-state index contributed by atoms with van der Waals surface area (Å²) in [6, 6.07) is 9.17. The lowest BCUT2D eigenvalue weighted by Gasteiger charge is -2.17. The van der Waals surface area contributed by atoms with Crippen molar-refractivity contribution in [2.75, 3.05) is 12.3 Å². The molecule has 2 amide bonds. The highest BCUT2D eigenvalue weighted by molar-refractivity contribution is 7.13.